The number of aromatic nitrogens is 2. The van der Waals surface area contributed by atoms with Crippen LogP contribution in [0.2, 0.25) is 0 Å². The van der Waals surface area contributed by atoms with Crippen LogP contribution in [-0.2, 0) is 6.42 Å². The van der Waals surface area contributed by atoms with Crippen molar-refractivity contribution in [1.29, 1.82) is 0 Å². The van der Waals surface area contributed by atoms with E-state index in [-0.39, 0.29) is 11.5 Å². The molecule has 1 aliphatic rings. The van der Waals surface area contributed by atoms with Crippen LogP contribution >= 0.6 is 0 Å². The molecular formula is C12H21N3O. The van der Waals surface area contributed by atoms with Gasteiger partial charge in [-0.05, 0) is 24.2 Å². The summed E-state index contributed by atoms with van der Waals surface area (Å²) in [7, 11) is 0. The van der Waals surface area contributed by atoms with Crippen LogP contribution in [0.1, 0.15) is 57.8 Å². The third-order valence-corrected chi connectivity index (χ3v) is 3.38. The van der Waals surface area contributed by atoms with Crippen LogP contribution < -0.4 is 5.73 Å². The van der Waals surface area contributed by atoms with Crippen LogP contribution in [-0.4, -0.2) is 10.1 Å². The van der Waals surface area contributed by atoms with E-state index < -0.39 is 0 Å². The average Bonchev–Trinajstić information content (AvgIpc) is 2.56. The number of nitrogens with two attached hydrogens (primary N) is 1. The Morgan fingerprint density at radius 1 is 1.44 bits per heavy atom. The summed E-state index contributed by atoms with van der Waals surface area (Å²) in [5.41, 5.74) is 6.05. The summed E-state index contributed by atoms with van der Waals surface area (Å²) < 4.78 is 5.25. The highest BCUT2D eigenvalue weighted by molar-refractivity contribution is 4.98. The Morgan fingerprint density at radius 3 is 2.62 bits per heavy atom. The Labute approximate surface area is 96.6 Å². The maximum absolute atomic E-state index is 6.08. The van der Waals surface area contributed by atoms with Gasteiger partial charge in [0, 0.05) is 6.42 Å². The highest BCUT2D eigenvalue weighted by Crippen LogP contribution is 2.31. The van der Waals surface area contributed by atoms with Crippen LogP contribution in [0.15, 0.2) is 4.52 Å². The number of nitrogens with zero attached hydrogens (tertiary/aromatic N) is 2. The van der Waals surface area contributed by atoms with E-state index >= 15 is 0 Å². The van der Waals surface area contributed by atoms with Gasteiger partial charge in [-0.1, -0.05) is 32.3 Å². The minimum Gasteiger partial charge on any atom is -0.339 e. The van der Waals surface area contributed by atoms with Gasteiger partial charge >= 0.3 is 0 Å². The van der Waals surface area contributed by atoms with Crippen molar-refractivity contribution in [2.45, 2.75) is 52.5 Å². The zero-order valence-corrected chi connectivity index (χ0v) is 10.4. The lowest BCUT2D eigenvalue weighted by molar-refractivity contribution is 0.269. The highest BCUT2D eigenvalue weighted by atomic mass is 16.5. The van der Waals surface area contributed by atoms with Crippen molar-refractivity contribution in [2.24, 2.45) is 17.1 Å². The summed E-state index contributed by atoms with van der Waals surface area (Å²) in [5, 5.41) is 3.98. The lowest BCUT2D eigenvalue weighted by Gasteiger charge is -2.24. The normalized spacial score (nSPS) is 19.5. The first-order valence-electron chi connectivity index (χ1n) is 6.05. The Balaban J connectivity index is 2.01. The fraction of sp³-hybridized carbons (Fsp3) is 0.833. The maximum Gasteiger partial charge on any atom is 0.226 e. The standard InChI is InChI=1S/C12H21N3O/c1-12(2,3)10(13)11-14-9(16-15-11)7-8-5-4-6-8/h8,10H,4-7,13H2,1-3H3. The molecule has 2 rings (SSSR count). The second-order valence-corrected chi connectivity index (χ2v) is 5.89. The molecule has 1 fully saturated rings. The van der Waals surface area contributed by atoms with E-state index in [4.69, 9.17) is 10.3 Å². The molecule has 2 N–H and O–H groups in total. The van der Waals surface area contributed by atoms with E-state index in [9.17, 15) is 0 Å². The van der Waals surface area contributed by atoms with Crippen LogP contribution in [0.5, 0.6) is 0 Å². The first kappa shape index (κ1) is 11.6. The molecule has 0 amide bonds. The topological polar surface area (TPSA) is 64.9 Å². The van der Waals surface area contributed by atoms with E-state index in [0.29, 0.717) is 5.82 Å². The van der Waals surface area contributed by atoms with Gasteiger partial charge in [0.15, 0.2) is 5.82 Å². The molecule has 16 heavy (non-hydrogen) atoms. The third-order valence-electron chi connectivity index (χ3n) is 3.38. The Morgan fingerprint density at radius 2 is 2.12 bits per heavy atom. The number of rotatable bonds is 3. The molecule has 0 aromatic carbocycles. The van der Waals surface area contributed by atoms with Crippen LogP contribution in [0.25, 0.3) is 0 Å². The molecule has 90 valence electrons. The highest BCUT2D eigenvalue weighted by Gasteiger charge is 2.28. The molecular weight excluding hydrogens is 202 g/mol. The van der Waals surface area contributed by atoms with Gasteiger partial charge in [0.05, 0.1) is 6.04 Å². The van der Waals surface area contributed by atoms with E-state index in [0.717, 1.165) is 18.2 Å². The molecule has 1 atom stereocenters. The summed E-state index contributed by atoms with van der Waals surface area (Å²) in [6.45, 7) is 6.25. The second-order valence-electron chi connectivity index (χ2n) is 5.89. The van der Waals surface area contributed by atoms with Crippen molar-refractivity contribution >= 4 is 0 Å². The molecule has 1 aromatic heterocycles. The van der Waals surface area contributed by atoms with Gasteiger partial charge in [0.1, 0.15) is 0 Å². The van der Waals surface area contributed by atoms with Gasteiger partial charge in [-0.2, -0.15) is 4.98 Å². The SMILES string of the molecule is CC(C)(C)C(N)c1noc(CC2CCC2)n1. The molecule has 4 heteroatoms. The third kappa shape index (κ3) is 2.43. The number of hydrogen-bond acceptors (Lipinski definition) is 4. The molecule has 1 aromatic rings. The fourth-order valence-electron chi connectivity index (χ4n) is 1.81. The molecule has 4 nitrogen and oxygen atoms in total. The van der Waals surface area contributed by atoms with Crippen molar-refractivity contribution in [2.75, 3.05) is 0 Å². The zero-order valence-electron chi connectivity index (χ0n) is 10.4. The molecule has 0 aliphatic heterocycles. The van der Waals surface area contributed by atoms with Crippen LogP contribution in [0, 0.1) is 11.3 Å². The molecule has 1 saturated carbocycles. The Hall–Kier alpha value is -0.900. The fourth-order valence-corrected chi connectivity index (χ4v) is 1.81. The molecule has 0 saturated heterocycles. The van der Waals surface area contributed by atoms with Crippen molar-refractivity contribution < 1.29 is 4.52 Å². The van der Waals surface area contributed by atoms with Crippen molar-refractivity contribution in [3.63, 3.8) is 0 Å². The van der Waals surface area contributed by atoms with Gasteiger partial charge in [-0.25, -0.2) is 0 Å². The minimum absolute atomic E-state index is 0.0301. The zero-order chi connectivity index (χ0) is 11.8. The van der Waals surface area contributed by atoms with Gasteiger partial charge in [0.2, 0.25) is 5.89 Å². The van der Waals surface area contributed by atoms with E-state index in [1.165, 1.54) is 19.3 Å². The maximum atomic E-state index is 6.08. The van der Waals surface area contributed by atoms with Gasteiger partial charge in [-0.15, -0.1) is 0 Å². The summed E-state index contributed by atoms with van der Waals surface area (Å²) in [6, 6.07) is -0.161. The monoisotopic (exact) mass is 223 g/mol. The van der Waals surface area contributed by atoms with Crippen molar-refractivity contribution in [1.82, 2.24) is 10.1 Å². The minimum atomic E-state index is -0.161. The predicted octanol–water partition coefficient (Wildman–Crippen LogP) is 2.46. The largest absolute Gasteiger partial charge is 0.339 e. The lowest BCUT2D eigenvalue weighted by Crippen LogP contribution is -2.27. The molecule has 1 aliphatic carbocycles. The summed E-state index contributed by atoms with van der Waals surface area (Å²) in [4.78, 5) is 4.40. The predicted molar refractivity (Wildman–Crippen MR) is 61.7 cm³/mol. The summed E-state index contributed by atoms with van der Waals surface area (Å²) >= 11 is 0. The van der Waals surface area contributed by atoms with Gasteiger partial charge < -0.3 is 10.3 Å². The van der Waals surface area contributed by atoms with Gasteiger partial charge in [-0.3, -0.25) is 0 Å². The van der Waals surface area contributed by atoms with Crippen LogP contribution in [0.3, 0.4) is 0 Å². The Kier molecular flexibility index (Phi) is 3.02. The Bertz CT molecular complexity index is 349. The van der Waals surface area contributed by atoms with Crippen molar-refractivity contribution in [3.8, 4) is 0 Å². The number of hydrogen-bond donors (Lipinski definition) is 1. The summed E-state index contributed by atoms with van der Waals surface area (Å²) in [5.74, 6) is 2.14. The molecule has 1 heterocycles. The first-order chi connectivity index (χ1) is 7.47. The van der Waals surface area contributed by atoms with E-state index in [1.54, 1.807) is 0 Å². The summed E-state index contributed by atoms with van der Waals surface area (Å²) in [6.07, 6.45) is 4.85. The molecule has 0 bridgehead atoms. The molecule has 0 spiro atoms. The first-order valence-corrected chi connectivity index (χ1v) is 6.05. The second kappa shape index (κ2) is 4.17. The van der Waals surface area contributed by atoms with Crippen LogP contribution in [0.4, 0.5) is 0 Å². The smallest absolute Gasteiger partial charge is 0.226 e. The van der Waals surface area contributed by atoms with E-state index in [1.807, 2.05) is 0 Å². The van der Waals surface area contributed by atoms with Gasteiger partial charge in [0.25, 0.3) is 0 Å². The quantitative estimate of drug-likeness (QED) is 0.854. The molecule has 1 unspecified atom stereocenters. The molecule has 0 radical (unpaired) electrons. The van der Waals surface area contributed by atoms with Crippen molar-refractivity contribution in [3.05, 3.63) is 11.7 Å². The lowest BCUT2D eigenvalue weighted by atomic mass is 9.83. The average molecular weight is 223 g/mol. The van der Waals surface area contributed by atoms with E-state index in [2.05, 4.69) is 30.9 Å².